The first-order valence-electron chi connectivity index (χ1n) is 6.74. The van der Waals surface area contributed by atoms with E-state index in [1.54, 1.807) is 6.20 Å². The Morgan fingerprint density at radius 2 is 2.29 bits per heavy atom. The Morgan fingerprint density at radius 3 is 3.19 bits per heavy atom. The summed E-state index contributed by atoms with van der Waals surface area (Å²) in [4.78, 5) is 12.2. The Balaban J connectivity index is 1.78. The number of allylic oxidation sites excluding steroid dienone is 4. The second-order valence-electron chi connectivity index (χ2n) is 5.22. The van der Waals surface area contributed by atoms with Crippen LogP contribution < -0.4 is 5.32 Å². The van der Waals surface area contributed by atoms with Crippen molar-refractivity contribution in [3.8, 4) is 0 Å². The van der Waals surface area contributed by atoms with E-state index in [-0.39, 0.29) is 11.8 Å². The molecule has 2 heterocycles. The molecular weight excluding hydrogens is 330 g/mol. The van der Waals surface area contributed by atoms with Crippen molar-refractivity contribution < 1.29 is 4.79 Å². The van der Waals surface area contributed by atoms with Gasteiger partial charge in [-0.3, -0.25) is 9.89 Å². The van der Waals surface area contributed by atoms with Gasteiger partial charge >= 0.3 is 0 Å². The van der Waals surface area contributed by atoms with Crippen molar-refractivity contribution in [1.82, 2.24) is 15.5 Å². The number of aromatic amines is 1. The first kappa shape index (κ1) is 12.6. The van der Waals surface area contributed by atoms with Gasteiger partial charge in [0.05, 0.1) is 11.7 Å². The van der Waals surface area contributed by atoms with Crippen molar-refractivity contribution in [2.75, 3.05) is 0 Å². The van der Waals surface area contributed by atoms with Gasteiger partial charge < -0.3 is 5.32 Å². The van der Waals surface area contributed by atoms with Crippen LogP contribution in [0.2, 0.25) is 0 Å². The van der Waals surface area contributed by atoms with Crippen molar-refractivity contribution in [3.63, 3.8) is 0 Å². The topological polar surface area (TPSA) is 57.8 Å². The third-order valence-electron chi connectivity index (χ3n) is 3.92. The molecule has 1 amide bonds. The third kappa shape index (κ3) is 2.05. The van der Waals surface area contributed by atoms with Gasteiger partial charge in [-0.1, -0.05) is 24.3 Å². The Labute approximate surface area is 129 Å². The van der Waals surface area contributed by atoms with Gasteiger partial charge in [0, 0.05) is 27.1 Å². The first-order chi connectivity index (χ1) is 10.2. The first-order valence-corrected chi connectivity index (χ1v) is 7.54. The maximum absolute atomic E-state index is 12.2. The van der Waals surface area contributed by atoms with Gasteiger partial charge in [0.1, 0.15) is 0 Å². The van der Waals surface area contributed by atoms with Crippen molar-refractivity contribution in [2.45, 2.75) is 6.42 Å². The van der Waals surface area contributed by atoms with Crippen LogP contribution in [0.5, 0.6) is 0 Å². The quantitative estimate of drug-likeness (QED) is 0.782. The van der Waals surface area contributed by atoms with Gasteiger partial charge in [-0.15, -0.1) is 0 Å². The molecule has 1 aliphatic carbocycles. The van der Waals surface area contributed by atoms with Crippen LogP contribution in [0.1, 0.15) is 12.0 Å². The van der Waals surface area contributed by atoms with Gasteiger partial charge in [0.25, 0.3) is 5.91 Å². The van der Waals surface area contributed by atoms with Crippen LogP contribution in [-0.2, 0) is 4.79 Å². The number of nitrogens with zero attached hydrogens (tertiary/aromatic N) is 1. The maximum atomic E-state index is 12.2. The van der Waals surface area contributed by atoms with Gasteiger partial charge in [-0.2, -0.15) is 5.10 Å². The molecule has 2 aromatic rings. The summed E-state index contributed by atoms with van der Waals surface area (Å²) in [6, 6.07) is 6.02. The highest BCUT2D eigenvalue weighted by Gasteiger charge is 2.34. The molecule has 1 saturated heterocycles. The summed E-state index contributed by atoms with van der Waals surface area (Å²) >= 11 is 3.50. The minimum Gasteiger partial charge on any atom is -0.324 e. The number of carbonyl (C=O) groups is 1. The zero-order valence-electron chi connectivity index (χ0n) is 11.1. The number of carbonyl (C=O) groups excluding carboxylic acids is 1. The fraction of sp³-hybridized carbons (Fsp3) is 0.125. The number of fused-ring (bicyclic) bond motifs is 2. The average molecular weight is 342 g/mol. The smallest absolute Gasteiger partial charge is 0.252 e. The highest BCUT2D eigenvalue weighted by Crippen LogP contribution is 2.37. The third-order valence-corrected chi connectivity index (χ3v) is 4.61. The van der Waals surface area contributed by atoms with Crippen LogP contribution in [-0.4, -0.2) is 16.1 Å². The number of rotatable bonds is 1. The summed E-state index contributed by atoms with van der Waals surface area (Å²) in [5, 5.41) is 11.0. The van der Waals surface area contributed by atoms with E-state index in [1.165, 1.54) is 0 Å². The second-order valence-corrected chi connectivity index (χ2v) is 6.08. The summed E-state index contributed by atoms with van der Waals surface area (Å²) in [7, 11) is 0. The van der Waals surface area contributed by atoms with E-state index >= 15 is 0 Å². The number of halogens is 1. The number of H-pyrrole nitrogens is 1. The molecule has 1 atom stereocenters. The maximum Gasteiger partial charge on any atom is 0.252 e. The van der Waals surface area contributed by atoms with Crippen molar-refractivity contribution in [1.29, 1.82) is 0 Å². The minimum atomic E-state index is -0.0136. The van der Waals surface area contributed by atoms with Gasteiger partial charge in [0.15, 0.2) is 0 Å². The highest BCUT2D eigenvalue weighted by atomic mass is 79.9. The lowest BCUT2D eigenvalue weighted by atomic mass is 9.91. The monoisotopic (exact) mass is 341 g/mol. The summed E-state index contributed by atoms with van der Waals surface area (Å²) in [5.41, 5.74) is 3.76. The summed E-state index contributed by atoms with van der Waals surface area (Å²) < 4.78 is 0.958. The van der Waals surface area contributed by atoms with E-state index in [4.69, 9.17) is 0 Å². The Kier molecular flexibility index (Phi) is 2.82. The van der Waals surface area contributed by atoms with Gasteiger partial charge in [-0.05, 0) is 40.1 Å². The molecule has 104 valence electrons. The molecule has 1 aromatic carbocycles. The zero-order valence-corrected chi connectivity index (χ0v) is 12.6. The van der Waals surface area contributed by atoms with Crippen LogP contribution >= 0.6 is 15.9 Å². The van der Waals surface area contributed by atoms with Crippen molar-refractivity contribution in [2.24, 2.45) is 5.92 Å². The van der Waals surface area contributed by atoms with Crippen LogP contribution in [0.25, 0.3) is 17.0 Å². The SMILES string of the molecule is O=C1NC2=C(Br)C=CCC2/C1=C\c1ccc2cn[nH]c2c1. The molecule has 1 aromatic heterocycles. The Morgan fingerprint density at radius 1 is 1.38 bits per heavy atom. The number of hydrogen-bond acceptors (Lipinski definition) is 2. The molecule has 2 aliphatic rings. The zero-order chi connectivity index (χ0) is 14.4. The molecule has 2 N–H and O–H groups in total. The standard InChI is InChI=1S/C16H12BrN3O/c17-13-3-1-2-11-12(16(21)19-15(11)13)6-9-4-5-10-8-18-20-14(10)7-9/h1,3-8,11H,2H2,(H,18,20)(H,19,21)/b12-6+. The van der Waals surface area contributed by atoms with E-state index in [0.29, 0.717) is 0 Å². The molecule has 1 aliphatic heterocycles. The molecule has 1 fully saturated rings. The molecule has 4 rings (SSSR count). The number of amides is 1. The average Bonchev–Trinajstić information content (AvgIpc) is 3.05. The normalized spacial score (nSPS) is 23.0. The number of nitrogens with one attached hydrogen (secondary N) is 2. The summed E-state index contributed by atoms with van der Waals surface area (Å²) in [6.07, 6.45) is 8.68. The fourth-order valence-corrected chi connectivity index (χ4v) is 3.42. The number of benzene rings is 1. The van der Waals surface area contributed by atoms with Crippen molar-refractivity contribution in [3.05, 3.63) is 57.9 Å². The van der Waals surface area contributed by atoms with E-state index in [2.05, 4.69) is 37.5 Å². The lowest BCUT2D eigenvalue weighted by molar-refractivity contribution is -0.115. The number of aromatic nitrogens is 2. The van der Waals surface area contributed by atoms with Gasteiger partial charge in [-0.25, -0.2) is 0 Å². The van der Waals surface area contributed by atoms with E-state index in [9.17, 15) is 4.79 Å². The van der Waals surface area contributed by atoms with E-state index in [1.807, 2.05) is 30.4 Å². The molecule has 4 nitrogen and oxygen atoms in total. The lowest BCUT2D eigenvalue weighted by Crippen LogP contribution is -2.14. The van der Waals surface area contributed by atoms with Gasteiger partial charge in [0.2, 0.25) is 0 Å². The predicted octanol–water partition coefficient (Wildman–Crippen LogP) is 3.26. The summed E-state index contributed by atoms with van der Waals surface area (Å²) in [5.74, 6) is 0.106. The van der Waals surface area contributed by atoms with Crippen LogP contribution in [0, 0.1) is 5.92 Å². The van der Waals surface area contributed by atoms with E-state index in [0.717, 1.165) is 38.6 Å². The van der Waals surface area contributed by atoms with Crippen LogP contribution in [0.15, 0.2) is 52.3 Å². The highest BCUT2D eigenvalue weighted by molar-refractivity contribution is 9.11. The van der Waals surface area contributed by atoms with Crippen LogP contribution in [0.4, 0.5) is 0 Å². The molecule has 1 unspecified atom stereocenters. The molecule has 0 radical (unpaired) electrons. The summed E-state index contributed by atoms with van der Waals surface area (Å²) in [6.45, 7) is 0. The number of hydrogen-bond donors (Lipinski definition) is 2. The largest absolute Gasteiger partial charge is 0.324 e. The van der Waals surface area contributed by atoms with E-state index < -0.39 is 0 Å². The van der Waals surface area contributed by atoms with Crippen molar-refractivity contribution >= 4 is 38.8 Å². The predicted molar refractivity (Wildman–Crippen MR) is 85.4 cm³/mol. The minimum absolute atomic E-state index is 0.0136. The molecule has 21 heavy (non-hydrogen) atoms. The molecule has 5 heteroatoms. The Hall–Kier alpha value is -2.14. The van der Waals surface area contributed by atoms with Crippen LogP contribution in [0.3, 0.4) is 0 Å². The lowest BCUT2D eigenvalue weighted by Gasteiger charge is -2.14. The Bertz CT molecular complexity index is 844. The fourth-order valence-electron chi connectivity index (χ4n) is 2.85. The molecule has 0 spiro atoms. The second kappa shape index (κ2) is 4.70. The molecule has 0 saturated carbocycles. The molecule has 0 bridgehead atoms. The molecular formula is C16H12BrN3O.